The van der Waals surface area contributed by atoms with Gasteiger partial charge in [-0.1, -0.05) is 6.08 Å². The zero-order chi connectivity index (χ0) is 18.8. The Hall–Kier alpha value is -2.69. The molecule has 3 heterocycles. The maximum Gasteiger partial charge on any atom is 0.335 e. The number of nitrogens with zero attached hydrogens (tertiary/aromatic N) is 2. The number of aromatic amines is 1. The Bertz CT molecular complexity index is 856. The summed E-state index contributed by atoms with van der Waals surface area (Å²) in [6.07, 6.45) is 1.81. The first kappa shape index (κ1) is 18.1. The van der Waals surface area contributed by atoms with E-state index in [1.54, 1.807) is 24.2 Å². The molecule has 10 heteroatoms. The van der Waals surface area contributed by atoms with Gasteiger partial charge >= 0.3 is 11.7 Å². The Kier molecular flexibility index (Phi) is 5.07. The smallest absolute Gasteiger partial charge is 0.335 e. The van der Waals surface area contributed by atoms with E-state index in [0.717, 1.165) is 16.8 Å². The number of hydrogen-bond acceptors (Lipinski definition) is 8. The zero-order valence-corrected chi connectivity index (χ0v) is 13.9. The lowest BCUT2D eigenvalue weighted by molar-refractivity contribution is -0.145. The normalized spacial score (nSPS) is 28.1. The van der Waals surface area contributed by atoms with Gasteiger partial charge in [0.1, 0.15) is 24.9 Å². The maximum absolute atomic E-state index is 12.1. The molecule has 2 aliphatic heterocycles. The van der Waals surface area contributed by atoms with Crippen LogP contribution in [0.25, 0.3) is 0 Å². The first-order valence-corrected chi connectivity index (χ1v) is 7.96. The van der Waals surface area contributed by atoms with Gasteiger partial charge in [0.05, 0.1) is 5.57 Å². The van der Waals surface area contributed by atoms with Gasteiger partial charge < -0.3 is 24.6 Å². The first-order valence-electron chi connectivity index (χ1n) is 7.96. The third-order valence-corrected chi connectivity index (χ3v) is 4.14. The quantitative estimate of drug-likeness (QED) is 0.545. The number of rotatable bonds is 4. The molecule has 0 saturated carbocycles. The number of carbonyl (C=O) groups is 1. The average Bonchev–Trinajstić information content (AvgIpc) is 2.88. The minimum Gasteiger partial charge on any atom is -0.459 e. The molecule has 1 fully saturated rings. The Morgan fingerprint density at radius 3 is 2.85 bits per heavy atom. The molecule has 0 radical (unpaired) electrons. The summed E-state index contributed by atoms with van der Waals surface area (Å²) in [5.41, 5.74) is -0.936. The van der Waals surface area contributed by atoms with E-state index in [-0.39, 0.29) is 6.61 Å². The highest BCUT2D eigenvalue weighted by atomic mass is 16.6. The van der Waals surface area contributed by atoms with Crippen molar-refractivity contribution in [3.05, 3.63) is 57.2 Å². The molecule has 0 aliphatic carbocycles. The van der Waals surface area contributed by atoms with Crippen molar-refractivity contribution in [2.75, 3.05) is 13.7 Å². The van der Waals surface area contributed by atoms with Crippen LogP contribution in [0.1, 0.15) is 12.6 Å². The van der Waals surface area contributed by atoms with Crippen LogP contribution in [0, 0.1) is 0 Å². The molecule has 2 aliphatic rings. The number of aliphatic hydroxyl groups excluding tert-OH is 2. The summed E-state index contributed by atoms with van der Waals surface area (Å²) in [5.74, 6) is -0.559. The maximum atomic E-state index is 12.1. The number of H-pyrrole nitrogens is 1. The minimum absolute atomic E-state index is 0.295. The second-order valence-electron chi connectivity index (χ2n) is 6.07. The molecule has 3 rings (SSSR count). The predicted octanol–water partition coefficient (Wildman–Crippen LogP) is -1.57. The van der Waals surface area contributed by atoms with Crippen molar-refractivity contribution in [3.63, 3.8) is 0 Å². The number of nitrogens with one attached hydrogen (secondary N) is 1. The fourth-order valence-corrected chi connectivity index (χ4v) is 2.80. The van der Waals surface area contributed by atoms with Crippen molar-refractivity contribution in [1.82, 2.24) is 14.5 Å². The predicted molar refractivity (Wildman–Crippen MR) is 87.8 cm³/mol. The first-order chi connectivity index (χ1) is 12.4. The van der Waals surface area contributed by atoms with Crippen molar-refractivity contribution in [2.24, 2.45) is 0 Å². The van der Waals surface area contributed by atoms with Crippen LogP contribution in [0.15, 0.2) is 45.9 Å². The zero-order valence-electron chi connectivity index (χ0n) is 13.9. The van der Waals surface area contributed by atoms with Gasteiger partial charge in [-0.15, -0.1) is 0 Å². The van der Waals surface area contributed by atoms with Gasteiger partial charge in [0.15, 0.2) is 6.23 Å². The molecule has 0 amide bonds. The highest BCUT2D eigenvalue weighted by Gasteiger charge is 2.44. The van der Waals surface area contributed by atoms with Crippen molar-refractivity contribution in [2.45, 2.75) is 31.0 Å². The third-order valence-electron chi connectivity index (χ3n) is 4.14. The van der Waals surface area contributed by atoms with Crippen molar-refractivity contribution in [1.29, 1.82) is 0 Å². The summed E-state index contributed by atoms with van der Waals surface area (Å²) in [6.45, 7) is -0.295. The van der Waals surface area contributed by atoms with Crippen LogP contribution < -0.4 is 11.2 Å². The number of allylic oxidation sites excluding steroid dienone is 1. The van der Waals surface area contributed by atoms with Crippen LogP contribution in [0.3, 0.4) is 0 Å². The van der Waals surface area contributed by atoms with Crippen LogP contribution >= 0.6 is 0 Å². The molecule has 4 atom stereocenters. The molecule has 3 N–H and O–H groups in total. The van der Waals surface area contributed by atoms with Crippen molar-refractivity contribution < 1.29 is 24.5 Å². The van der Waals surface area contributed by atoms with Crippen LogP contribution in [0.4, 0.5) is 0 Å². The van der Waals surface area contributed by atoms with E-state index in [1.165, 1.54) is 0 Å². The molecule has 1 aromatic heterocycles. The SMILES string of the molecule is CN1C=CCC(C(=O)OC[C@H]2O[C@@H](n3ccc(=O)[nH]c3=O)[C@H](O)[C@@H]2O)=C1. The summed E-state index contributed by atoms with van der Waals surface area (Å²) < 4.78 is 11.6. The lowest BCUT2D eigenvalue weighted by Crippen LogP contribution is -2.37. The van der Waals surface area contributed by atoms with Gasteiger partial charge in [-0.05, 0) is 6.20 Å². The largest absolute Gasteiger partial charge is 0.459 e. The molecule has 1 aromatic rings. The Labute approximate surface area is 147 Å². The highest BCUT2D eigenvalue weighted by molar-refractivity contribution is 5.88. The molecule has 0 unspecified atom stereocenters. The summed E-state index contributed by atoms with van der Waals surface area (Å²) in [4.78, 5) is 38.8. The molecular formula is C16H19N3O7. The monoisotopic (exact) mass is 365 g/mol. The highest BCUT2D eigenvalue weighted by Crippen LogP contribution is 2.28. The van der Waals surface area contributed by atoms with E-state index >= 15 is 0 Å². The van der Waals surface area contributed by atoms with Gasteiger partial charge in [0.2, 0.25) is 0 Å². The number of aromatic nitrogens is 2. The van der Waals surface area contributed by atoms with Gasteiger partial charge in [0, 0.05) is 31.9 Å². The van der Waals surface area contributed by atoms with E-state index in [4.69, 9.17) is 9.47 Å². The summed E-state index contributed by atoms with van der Waals surface area (Å²) in [5, 5.41) is 20.2. The lowest BCUT2D eigenvalue weighted by atomic mass is 10.1. The lowest BCUT2D eigenvalue weighted by Gasteiger charge is -2.18. The van der Waals surface area contributed by atoms with E-state index in [1.807, 2.05) is 11.2 Å². The molecular weight excluding hydrogens is 346 g/mol. The van der Waals surface area contributed by atoms with Gasteiger partial charge in [-0.3, -0.25) is 14.3 Å². The van der Waals surface area contributed by atoms with E-state index in [9.17, 15) is 24.6 Å². The number of carbonyl (C=O) groups excluding carboxylic acids is 1. The molecule has 0 spiro atoms. The fraction of sp³-hybridized carbons (Fsp3) is 0.438. The fourth-order valence-electron chi connectivity index (χ4n) is 2.80. The Morgan fingerprint density at radius 2 is 2.15 bits per heavy atom. The molecule has 26 heavy (non-hydrogen) atoms. The second kappa shape index (κ2) is 7.28. The molecule has 10 nitrogen and oxygen atoms in total. The van der Waals surface area contributed by atoms with E-state index in [0.29, 0.717) is 12.0 Å². The Balaban J connectivity index is 1.65. The molecule has 140 valence electrons. The van der Waals surface area contributed by atoms with Crippen molar-refractivity contribution >= 4 is 5.97 Å². The molecule has 0 aromatic carbocycles. The van der Waals surface area contributed by atoms with Gasteiger partial charge in [-0.2, -0.15) is 0 Å². The van der Waals surface area contributed by atoms with Crippen LogP contribution in [-0.4, -0.2) is 62.6 Å². The third kappa shape index (κ3) is 3.62. The van der Waals surface area contributed by atoms with Gasteiger partial charge in [-0.25, -0.2) is 9.59 Å². The van der Waals surface area contributed by atoms with E-state index < -0.39 is 41.8 Å². The number of aliphatic hydroxyl groups is 2. The summed E-state index contributed by atoms with van der Waals surface area (Å²) in [7, 11) is 1.77. The molecule has 1 saturated heterocycles. The number of hydrogen-bond donors (Lipinski definition) is 3. The number of ether oxygens (including phenoxy) is 2. The van der Waals surface area contributed by atoms with Crippen LogP contribution in [0.5, 0.6) is 0 Å². The van der Waals surface area contributed by atoms with Gasteiger partial charge in [0.25, 0.3) is 5.56 Å². The molecule has 0 bridgehead atoms. The summed E-state index contributed by atoms with van der Waals surface area (Å²) >= 11 is 0. The van der Waals surface area contributed by atoms with Crippen molar-refractivity contribution in [3.8, 4) is 0 Å². The average molecular weight is 365 g/mol. The summed E-state index contributed by atoms with van der Waals surface area (Å²) in [6, 6.07) is 1.09. The second-order valence-corrected chi connectivity index (χ2v) is 6.07. The van der Waals surface area contributed by atoms with Crippen LogP contribution in [0.2, 0.25) is 0 Å². The van der Waals surface area contributed by atoms with E-state index in [2.05, 4.69) is 0 Å². The topological polar surface area (TPSA) is 134 Å². The number of esters is 1. The standard InChI is InChI=1S/C16H19N3O7/c1-18-5-2-3-9(7-18)15(23)25-8-10-12(21)13(22)14(26-10)19-6-4-11(20)17-16(19)24/h2,4-7,10,12-14,21-22H,3,8H2,1H3,(H,17,20,24)/t10-,12-,13-,14-/m1/s1. The Morgan fingerprint density at radius 1 is 1.38 bits per heavy atom. The van der Waals surface area contributed by atoms with Crippen LogP contribution in [-0.2, 0) is 14.3 Å². The minimum atomic E-state index is -1.43.